The number of hydrogen-bond donors (Lipinski definition) is 0. The second-order valence-corrected chi connectivity index (χ2v) is 4.44. The van der Waals surface area contributed by atoms with E-state index in [1.54, 1.807) is 30.5 Å². The topological polar surface area (TPSA) is 100 Å². The summed E-state index contributed by atoms with van der Waals surface area (Å²) in [5, 5.41) is 3.89. The van der Waals surface area contributed by atoms with Crippen molar-refractivity contribution in [1.82, 2.24) is 20.1 Å². The molecule has 0 atom stereocenters. The van der Waals surface area contributed by atoms with Crippen molar-refractivity contribution in [2.45, 2.75) is 0 Å². The second kappa shape index (κ2) is 6.22. The summed E-state index contributed by atoms with van der Waals surface area (Å²) in [6.45, 7) is 0. The molecule has 8 nitrogen and oxygen atoms in total. The zero-order valence-corrected chi connectivity index (χ0v) is 12.4. The quantitative estimate of drug-likeness (QED) is 0.674. The Morgan fingerprint density at radius 2 is 1.96 bits per heavy atom. The molecule has 3 aromatic rings. The second-order valence-electron chi connectivity index (χ2n) is 4.44. The number of ether oxygens (including phenoxy) is 2. The third-order valence-corrected chi connectivity index (χ3v) is 3.03. The number of methoxy groups -OCH3 is 2. The summed E-state index contributed by atoms with van der Waals surface area (Å²) in [5.74, 6) is 0.665. The lowest BCUT2D eigenvalue weighted by Gasteiger charge is -1.98. The third-order valence-electron chi connectivity index (χ3n) is 3.03. The van der Waals surface area contributed by atoms with Gasteiger partial charge in [0.15, 0.2) is 0 Å². The van der Waals surface area contributed by atoms with Gasteiger partial charge in [0.2, 0.25) is 11.7 Å². The first kappa shape index (κ1) is 14.6. The summed E-state index contributed by atoms with van der Waals surface area (Å²) in [4.78, 5) is 23.8. The first-order chi connectivity index (χ1) is 11.2. The molecule has 0 aliphatic heterocycles. The highest BCUT2D eigenvalue weighted by atomic mass is 16.5. The number of esters is 1. The molecule has 0 saturated heterocycles. The van der Waals surface area contributed by atoms with Crippen LogP contribution >= 0.6 is 0 Å². The van der Waals surface area contributed by atoms with E-state index < -0.39 is 5.97 Å². The van der Waals surface area contributed by atoms with E-state index in [1.807, 2.05) is 0 Å². The first-order valence-corrected chi connectivity index (χ1v) is 6.60. The zero-order valence-electron chi connectivity index (χ0n) is 12.4. The lowest BCUT2D eigenvalue weighted by atomic mass is 10.2. The Kier molecular flexibility index (Phi) is 3.96. The highest BCUT2D eigenvalue weighted by molar-refractivity contribution is 5.89. The van der Waals surface area contributed by atoms with Gasteiger partial charge in [-0.1, -0.05) is 5.16 Å². The van der Waals surface area contributed by atoms with Crippen molar-refractivity contribution in [3.05, 3.63) is 42.2 Å². The molecule has 0 fully saturated rings. The maximum absolute atomic E-state index is 11.4. The molecule has 0 N–H and O–H groups in total. The molecule has 0 amide bonds. The van der Waals surface area contributed by atoms with E-state index >= 15 is 0 Å². The summed E-state index contributed by atoms with van der Waals surface area (Å²) in [6, 6.07) is 6.66. The van der Waals surface area contributed by atoms with Gasteiger partial charge in [0.25, 0.3) is 5.89 Å². The maximum atomic E-state index is 11.4. The molecule has 0 unspecified atom stereocenters. The lowest BCUT2D eigenvalue weighted by molar-refractivity contribution is 0.0600. The minimum atomic E-state index is -0.459. The summed E-state index contributed by atoms with van der Waals surface area (Å²) in [6.07, 6.45) is 2.97. The summed E-state index contributed by atoms with van der Waals surface area (Å²) >= 11 is 0. The van der Waals surface area contributed by atoms with E-state index in [-0.39, 0.29) is 5.89 Å². The minimum absolute atomic E-state index is 0.243. The molecule has 0 saturated carbocycles. The smallest absolute Gasteiger partial charge is 0.339 e. The standard InChI is InChI=1S/C15H12N4O4/c1-21-12-6-4-9(7-17-12)13-18-14(23-19-13)11-5-3-10(8-16-11)15(20)22-2/h3-8H,1-2H3. The highest BCUT2D eigenvalue weighted by Gasteiger charge is 2.13. The molecule has 0 spiro atoms. The predicted octanol–water partition coefficient (Wildman–Crippen LogP) is 1.99. The molecular formula is C15H12N4O4. The Hall–Kier alpha value is -3.29. The summed E-state index contributed by atoms with van der Waals surface area (Å²) in [5.41, 5.74) is 1.49. The largest absolute Gasteiger partial charge is 0.481 e. The fourth-order valence-corrected chi connectivity index (χ4v) is 1.84. The van der Waals surface area contributed by atoms with Gasteiger partial charge in [0.05, 0.1) is 19.8 Å². The number of nitrogens with zero attached hydrogens (tertiary/aromatic N) is 4. The normalized spacial score (nSPS) is 10.3. The predicted molar refractivity (Wildman–Crippen MR) is 78.7 cm³/mol. The van der Waals surface area contributed by atoms with E-state index in [2.05, 4.69) is 24.8 Å². The van der Waals surface area contributed by atoms with Crippen molar-refractivity contribution < 1.29 is 18.8 Å². The van der Waals surface area contributed by atoms with Crippen LogP contribution in [0.2, 0.25) is 0 Å². The summed E-state index contributed by atoms with van der Waals surface area (Å²) < 4.78 is 14.8. The fourth-order valence-electron chi connectivity index (χ4n) is 1.84. The molecule has 0 radical (unpaired) electrons. The van der Waals surface area contributed by atoms with E-state index in [1.165, 1.54) is 20.4 Å². The van der Waals surface area contributed by atoms with E-state index in [0.29, 0.717) is 28.5 Å². The van der Waals surface area contributed by atoms with Gasteiger partial charge in [-0.15, -0.1) is 0 Å². The Bertz CT molecular complexity index is 812. The van der Waals surface area contributed by atoms with Crippen LogP contribution in [0.4, 0.5) is 0 Å². The number of carbonyl (C=O) groups is 1. The van der Waals surface area contributed by atoms with Gasteiger partial charge in [0, 0.05) is 24.0 Å². The van der Waals surface area contributed by atoms with Gasteiger partial charge < -0.3 is 14.0 Å². The number of aromatic nitrogens is 4. The molecule has 3 aromatic heterocycles. The monoisotopic (exact) mass is 312 g/mol. The van der Waals surface area contributed by atoms with Crippen molar-refractivity contribution in [2.24, 2.45) is 0 Å². The maximum Gasteiger partial charge on any atom is 0.339 e. The summed E-state index contributed by atoms with van der Waals surface area (Å²) in [7, 11) is 2.85. The van der Waals surface area contributed by atoms with Crippen molar-refractivity contribution in [2.75, 3.05) is 14.2 Å². The zero-order chi connectivity index (χ0) is 16.2. The molecule has 23 heavy (non-hydrogen) atoms. The van der Waals surface area contributed by atoms with Crippen LogP contribution in [0.15, 0.2) is 41.2 Å². The Morgan fingerprint density at radius 3 is 2.57 bits per heavy atom. The number of rotatable bonds is 4. The molecule has 3 heterocycles. The van der Waals surface area contributed by atoms with E-state index in [0.717, 1.165) is 0 Å². The Balaban J connectivity index is 1.84. The Morgan fingerprint density at radius 1 is 1.09 bits per heavy atom. The molecule has 0 aliphatic rings. The van der Waals surface area contributed by atoms with Gasteiger partial charge in [-0.2, -0.15) is 4.98 Å². The van der Waals surface area contributed by atoms with Crippen LogP contribution in [0.1, 0.15) is 10.4 Å². The third kappa shape index (κ3) is 3.00. The van der Waals surface area contributed by atoms with Crippen LogP contribution in [-0.4, -0.2) is 40.3 Å². The van der Waals surface area contributed by atoms with Crippen LogP contribution < -0.4 is 4.74 Å². The molecule has 116 valence electrons. The first-order valence-electron chi connectivity index (χ1n) is 6.60. The molecule has 3 rings (SSSR count). The minimum Gasteiger partial charge on any atom is -0.481 e. The molecule has 8 heteroatoms. The van der Waals surface area contributed by atoms with Gasteiger partial charge in [0.1, 0.15) is 5.69 Å². The molecular weight excluding hydrogens is 300 g/mol. The van der Waals surface area contributed by atoms with Gasteiger partial charge in [-0.3, -0.25) is 4.98 Å². The molecule has 0 bridgehead atoms. The average molecular weight is 312 g/mol. The lowest BCUT2D eigenvalue weighted by Crippen LogP contribution is -2.01. The van der Waals surface area contributed by atoms with Crippen molar-refractivity contribution in [3.8, 4) is 28.9 Å². The number of carbonyl (C=O) groups excluding carboxylic acids is 1. The Labute approximate surface area is 131 Å². The number of hydrogen-bond acceptors (Lipinski definition) is 8. The van der Waals surface area contributed by atoms with Gasteiger partial charge in [-0.25, -0.2) is 9.78 Å². The van der Waals surface area contributed by atoms with E-state index in [9.17, 15) is 4.79 Å². The highest BCUT2D eigenvalue weighted by Crippen LogP contribution is 2.21. The molecule has 0 aromatic carbocycles. The van der Waals surface area contributed by atoms with Crippen LogP contribution in [-0.2, 0) is 4.74 Å². The van der Waals surface area contributed by atoms with Gasteiger partial charge >= 0.3 is 5.97 Å². The van der Waals surface area contributed by atoms with Crippen molar-refractivity contribution in [1.29, 1.82) is 0 Å². The average Bonchev–Trinajstić information content (AvgIpc) is 3.11. The molecule has 0 aliphatic carbocycles. The van der Waals surface area contributed by atoms with Crippen molar-refractivity contribution >= 4 is 5.97 Å². The SMILES string of the molecule is COC(=O)c1ccc(-c2nc(-c3ccc(OC)nc3)no2)nc1. The fraction of sp³-hybridized carbons (Fsp3) is 0.133. The number of pyridine rings is 2. The van der Waals surface area contributed by atoms with Crippen LogP contribution in [0.5, 0.6) is 5.88 Å². The van der Waals surface area contributed by atoms with Crippen LogP contribution in [0, 0.1) is 0 Å². The van der Waals surface area contributed by atoms with Gasteiger partial charge in [-0.05, 0) is 18.2 Å². The van der Waals surface area contributed by atoms with Crippen LogP contribution in [0.25, 0.3) is 23.0 Å². The van der Waals surface area contributed by atoms with E-state index in [4.69, 9.17) is 9.26 Å². The van der Waals surface area contributed by atoms with Crippen molar-refractivity contribution in [3.63, 3.8) is 0 Å². The van der Waals surface area contributed by atoms with Crippen LogP contribution in [0.3, 0.4) is 0 Å².